The molecule has 3 N–H and O–H groups in total. The van der Waals surface area contributed by atoms with E-state index < -0.39 is 6.09 Å². The van der Waals surface area contributed by atoms with Crippen LogP contribution in [0.15, 0.2) is 24.3 Å². The van der Waals surface area contributed by atoms with Gasteiger partial charge >= 0.3 is 6.09 Å². The highest BCUT2D eigenvalue weighted by atomic mass is 35.5. The van der Waals surface area contributed by atoms with Crippen molar-refractivity contribution >= 4 is 34.0 Å². The largest absolute Gasteiger partial charge is 0.495 e. The van der Waals surface area contributed by atoms with Gasteiger partial charge in [0.25, 0.3) is 0 Å². The smallest absolute Gasteiger partial charge is 0.412 e. The number of nitrogens with two attached hydrogens (primary N) is 1. The van der Waals surface area contributed by atoms with Crippen molar-refractivity contribution < 1.29 is 14.3 Å². The highest BCUT2D eigenvalue weighted by Gasteiger charge is 2.10. The van der Waals surface area contributed by atoms with Gasteiger partial charge in [-0.25, -0.2) is 4.79 Å². The number of benzene rings is 1. The number of rotatable bonds is 4. The monoisotopic (exact) mass is 326 g/mol. The minimum Gasteiger partial charge on any atom is -0.495 e. The van der Waals surface area contributed by atoms with Gasteiger partial charge in [0.1, 0.15) is 10.8 Å². The van der Waals surface area contributed by atoms with E-state index in [1.165, 1.54) is 11.3 Å². The number of hydrogen-bond donors (Lipinski definition) is 2. The van der Waals surface area contributed by atoms with Crippen molar-refractivity contribution in [1.82, 2.24) is 5.32 Å². The summed E-state index contributed by atoms with van der Waals surface area (Å²) in [4.78, 5) is 12.7. The Labute approximate surface area is 131 Å². The summed E-state index contributed by atoms with van der Waals surface area (Å²) in [6.45, 7) is 2.19. The number of ether oxygens (including phenoxy) is 2. The summed E-state index contributed by atoms with van der Waals surface area (Å²) in [6.07, 6.45) is -0.563. The molecule has 1 heterocycles. The van der Waals surface area contributed by atoms with Gasteiger partial charge in [0.05, 0.1) is 12.1 Å². The summed E-state index contributed by atoms with van der Waals surface area (Å²) >= 11 is 7.39. The molecule has 5 nitrogen and oxygen atoms in total. The molecule has 21 heavy (non-hydrogen) atoms. The van der Waals surface area contributed by atoms with Gasteiger partial charge in [-0.1, -0.05) is 17.7 Å². The number of halogens is 1. The van der Waals surface area contributed by atoms with E-state index in [1.54, 1.807) is 25.3 Å². The van der Waals surface area contributed by atoms with E-state index in [0.29, 0.717) is 28.1 Å². The number of carbonyl (C=O) groups is 1. The van der Waals surface area contributed by atoms with E-state index in [4.69, 9.17) is 26.8 Å². The Morgan fingerprint density at radius 2 is 2.14 bits per heavy atom. The Morgan fingerprint density at radius 3 is 2.71 bits per heavy atom. The van der Waals surface area contributed by atoms with Gasteiger partial charge in [0.15, 0.2) is 5.75 Å². The number of aryl methyl sites for hydroxylation is 1. The zero-order valence-corrected chi connectivity index (χ0v) is 13.2. The molecule has 0 fully saturated rings. The second-order valence-corrected chi connectivity index (χ2v) is 5.99. The van der Waals surface area contributed by atoms with E-state index >= 15 is 0 Å². The van der Waals surface area contributed by atoms with Crippen molar-refractivity contribution in [2.75, 3.05) is 12.8 Å². The molecule has 7 heteroatoms. The van der Waals surface area contributed by atoms with Crippen molar-refractivity contribution in [2.24, 2.45) is 0 Å². The van der Waals surface area contributed by atoms with Gasteiger partial charge < -0.3 is 20.5 Å². The first-order valence-corrected chi connectivity index (χ1v) is 7.33. The molecule has 1 amide bonds. The highest BCUT2D eigenvalue weighted by molar-refractivity contribution is 7.16. The normalized spacial score (nSPS) is 10.2. The summed E-state index contributed by atoms with van der Waals surface area (Å²) < 4.78 is 10.2. The summed E-state index contributed by atoms with van der Waals surface area (Å²) in [7, 11) is 1.55. The van der Waals surface area contributed by atoms with Gasteiger partial charge in [-0.3, -0.25) is 0 Å². The van der Waals surface area contributed by atoms with Crippen molar-refractivity contribution in [1.29, 1.82) is 0 Å². The van der Waals surface area contributed by atoms with E-state index in [9.17, 15) is 4.79 Å². The van der Waals surface area contributed by atoms with Gasteiger partial charge in [-0.05, 0) is 30.7 Å². The second kappa shape index (κ2) is 6.69. The number of amides is 1. The fourth-order valence-electron chi connectivity index (χ4n) is 1.72. The third-order valence-corrected chi connectivity index (χ3v) is 3.86. The molecule has 0 radical (unpaired) electrons. The van der Waals surface area contributed by atoms with Gasteiger partial charge in [-0.15, -0.1) is 11.3 Å². The van der Waals surface area contributed by atoms with Gasteiger partial charge in [0.2, 0.25) is 0 Å². The van der Waals surface area contributed by atoms with E-state index in [0.717, 1.165) is 10.4 Å². The Balaban J connectivity index is 1.92. The maximum absolute atomic E-state index is 11.7. The van der Waals surface area contributed by atoms with Crippen LogP contribution in [0.25, 0.3) is 0 Å². The molecule has 2 rings (SSSR count). The molecule has 1 aromatic carbocycles. The predicted octanol–water partition coefficient (Wildman–Crippen LogP) is 3.59. The van der Waals surface area contributed by atoms with Crippen LogP contribution < -0.4 is 20.5 Å². The van der Waals surface area contributed by atoms with Crippen LogP contribution in [0.2, 0.25) is 5.02 Å². The molecule has 0 unspecified atom stereocenters. The standard InChI is InChI=1S/C14H15ClN2O3S/c1-8-5-12(13(16)21-8)20-14(18)17-7-9-3-4-11(19-2)10(15)6-9/h3-6H,7,16H2,1-2H3,(H,17,18). The van der Waals surface area contributed by atoms with Crippen LogP contribution >= 0.6 is 22.9 Å². The van der Waals surface area contributed by atoms with E-state index in [2.05, 4.69) is 5.32 Å². The number of hydrogen-bond acceptors (Lipinski definition) is 5. The maximum Gasteiger partial charge on any atom is 0.412 e. The first-order valence-electron chi connectivity index (χ1n) is 6.13. The predicted molar refractivity (Wildman–Crippen MR) is 84.3 cm³/mol. The van der Waals surface area contributed by atoms with Crippen molar-refractivity contribution in [2.45, 2.75) is 13.5 Å². The number of anilines is 1. The molecule has 0 saturated heterocycles. The first-order chi connectivity index (χ1) is 9.99. The maximum atomic E-state index is 11.7. The highest BCUT2D eigenvalue weighted by Crippen LogP contribution is 2.31. The molecule has 2 aromatic rings. The minimum atomic E-state index is -0.563. The number of methoxy groups -OCH3 is 1. The summed E-state index contributed by atoms with van der Waals surface area (Å²) in [5, 5.41) is 3.61. The SMILES string of the molecule is COc1ccc(CNC(=O)Oc2cc(C)sc2N)cc1Cl. The van der Waals surface area contributed by atoms with E-state index in [1.807, 2.05) is 13.0 Å². The molecule has 0 aliphatic carbocycles. The average molecular weight is 327 g/mol. The number of nitrogens with one attached hydrogen (secondary N) is 1. The van der Waals surface area contributed by atoms with Gasteiger partial charge in [0, 0.05) is 11.4 Å². The molecule has 0 aliphatic rings. The molecule has 0 spiro atoms. The van der Waals surface area contributed by atoms with Crippen molar-refractivity contribution in [3.05, 3.63) is 39.7 Å². The zero-order chi connectivity index (χ0) is 15.4. The molecular formula is C14H15ClN2O3S. The fourth-order valence-corrected chi connectivity index (χ4v) is 2.71. The van der Waals surface area contributed by atoms with Crippen LogP contribution in [0.1, 0.15) is 10.4 Å². The van der Waals surface area contributed by atoms with Crippen LogP contribution in [0, 0.1) is 6.92 Å². The second-order valence-electron chi connectivity index (χ2n) is 4.30. The molecular weight excluding hydrogens is 312 g/mol. The minimum absolute atomic E-state index is 0.297. The van der Waals surface area contributed by atoms with E-state index in [-0.39, 0.29) is 0 Å². The Kier molecular flexibility index (Phi) is 4.93. The molecule has 1 aromatic heterocycles. The molecule has 0 bridgehead atoms. The molecule has 0 saturated carbocycles. The lowest BCUT2D eigenvalue weighted by atomic mass is 10.2. The third-order valence-electron chi connectivity index (χ3n) is 2.70. The number of thiophene rings is 1. The molecule has 0 aliphatic heterocycles. The summed E-state index contributed by atoms with van der Waals surface area (Å²) in [6, 6.07) is 7.01. The lowest BCUT2D eigenvalue weighted by Crippen LogP contribution is -2.26. The van der Waals surface area contributed by atoms with Crippen LogP contribution in [0.3, 0.4) is 0 Å². The average Bonchev–Trinajstić information content (AvgIpc) is 2.74. The number of nitrogen functional groups attached to an aromatic ring is 1. The molecule has 0 atom stereocenters. The van der Waals surface area contributed by atoms with Crippen LogP contribution in [-0.4, -0.2) is 13.2 Å². The fraction of sp³-hybridized carbons (Fsp3) is 0.214. The molecule has 112 valence electrons. The topological polar surface area (TPSA) is 73.6 Å². The van der Waals surface area contributed by atoms with Crippen molar-refractivity contribution in [3.63, 3.8) is 0 Å². The van der Waals surface area contributed by atoms with Crippen LogP contribution in [-0.2, 0) is 6.54 Å². The first kappa shape index (κ1) is 15.5. The Hall–Kier alpha value is -1.92. The summed E-state index contributed by atoms with van der Waals surface area (Å²) in [5.41, 5.74) is 6.57. The zero-order valence-electron chi connectivity index (χ0n) is 11.6. The van der Waals surface area contributed by atoms with Crippen molar-refractivity contribution in [3.8, 4) is 11.5 Å². The number of carbonyl (C=O) groups excluding carboxylic acids is 1. The lowest BCUT2D eigenvalue weighted by Gasteiger charge is -2.08. The Morgan fingerprint density at radius 1 is 1.38 bits per heavy atom. The quantitative estimate of drug-likeness (QED) is 0.900. The van der Waals surface area contributed by atoms with Crippen LogP contribution in [0.5, 0.6) is 11.5 Å². The third kappa shape index (κ3) is 4.03. The Bertz CT molecular complexity index is 658. The van der Waals surface area contributed by atoms with Crippen LogP contribution in [0.4, 0.5) is 9.80 Å². The lowest BCUT2D eigenvalue weighted by molar-refractivity contribution is 0.200. The summed E-state index contributed by atoms with van der Waals surface area (Å²) in [5.74, 6) is 0.965. The van der Waals surface area contributed by atoms with Gasteiger partial charge in [-0.2, -0.15) is 0 Å².